The summed E-state index contributed by atoms with van der Waals surface area (Å²) in [6.07, 6.45) is 2.03. The van der Waals surface area contributed by atoms with Crippen LogP contribution in [-0.4, -0.2) is 12.4 Å². The van der Waals surface area contributed by atoms with Gasteiger partial charge in [0.15, 0.2) is 5.78 Å². The van der Waals surface area contributed by atoms with Crippen molar-refractivity contribution in [3.63, 3.8) is 0 Å². The van der Waals surface area contributed by atoms with Gasteiger partial charge in [0.1, 0.15) is 11.6 Å². The maximum atomic E-state index is 13.0. The first-order chi connectivity index (χ1) is 14.2. The summed E-state index contributed by atoms with van der Waals surface area (Å²) in [5.41, 5.74) is 10.3. The molecule has 4 rings (SSSR count). The van der Waals surface area contributed by atoms with Crippen LogP contribution in [0.15, 0.2) is 77.3 Å². The fraction of sp³-hybridized carbons (Fsp3) is 0.250. The summed E-state index contributed by atoms with van der Waals surface area (Å²) in [5.74, 6) is 0.799. The molecule has 2 aromatic carbocycles. The van der Waals surface area contributed by atoms with Crippen LogP contribution in [-0.2, 0) is 4.79 Å². The fourth-order valence-electron chi connectivity index (χ4n) is 4.21. The van der Waals surface area contributed by atoms with Crippen LogP contribution in [0.2, 0.25) is 0 Å². The molecule has 0 radical (unpaired) electrons. The van der Waals surface area contributed by atoms with Crippen molar-refractivity contribution in [2.24, 2.45) is 5.73 Å². The number of allylic oxidation sites excluding steroid dienone is 3. The lowest BCUT2D eigenvalue weighted by molar-refractivity contribution is -0.116. The average molecular weight is 385 g/mol. The second-order valence-electron chi connectivity index (χ2n) is 7.15. The number of para-hydroxylation sites is 1. The Morgan fingerprint density at radius 3 is 2.52 bits per heavy atom. The first kappa shape index (κ1) is 18.8. The highest BCUT2D eigenvalue weighted by Crippen LogP contribution is 2.46. The van der Waals surface area contributed by atoms with Gasteiger partial charge in [0, 0.05) is 23.4 Å². The Labute approximate surface area is 170 Å². The molecule has 5 nitrogen and oxygen atoms in total. The van der Waals surface area contributed by atoms with Crippen molar-refractivity contribution in [3.05, 3.63) is 82.8 Å². The maximum absolute atomic E-state index is 13.0. The number of Topliss-reactive ketones (excluding diaryl/α,β-unsaturated/α-hetero) is 1. The number of ether oxygens (including phenoxy) is 1. The highest BCUT2D eigenvalue weighted by molar-refractivity contribution is 6.01. The van der Waals surface area contributed by atoms with Crippen LogP contribution >= 0.6 is 0 Å². The van der Waals surface area contributed by atoms with Gasteiger partial charge in [-0.2, -0.15) is 5.26 Å². The van der Waals surface area contributed by atoms with Crippen molar-refractivity contribution in [3.8, 4) is 11.8 Å². The smallest absolute Gasteiger partial charge is 0.161 e. The van der Waals surface area contributed by atoms with E-state index in [4.69, 9.17) is 10.5 Å². The van der Waals surface area contributed by atoms with Gasteiger partial charge in [-0.1, -0.05) is 30.3 Å². The molecule has 1 aliphatic carbocycles. The lowest BCUT2D eigenvalue weighted by Crippen LogP contribution is -2.38. The summed E-state index contributed by atoms with van der Waals surface area (Å²) in [4.78, 5) is 14.9. The van der Waals surface area contributed by atoms with E-state index in [1.807, 2.05) is 66.4 Å². The molecule has 146 valence electrons. The lowest BCUT2D eigenvalue weighted by Gasteiger charge is -2.39. The Kier molecular flexibility index (Phi) is 5.09. The predicted molar refractivity (Wildman–Crippen MR) is 112 cm³/mol. The van der Waals surface area contributed by atoms with E-state index in [-0.39, 0.29) is 5.78 Å². The summed E-state index contributed by atoms with van der Waals surface area (Å²) in [5, 5.41) is 10.0. The number of carbonyl (C=O) groups excluding carboxylic acids is 1. The number of nitrogens with zero attached hydrogens (tertiary/aromatic N) is 2. The quantitative estimate of drug-likeness (QED) is 0.844. The topological polar surface area (TPSA) is 79.3 Å². The third kappa shape index (κ3) is 3.27. The number of hydrogen-bond donors (Lipinski definition) is 1. The van der Waals surface area contributed by atoms with Gasteiger partial charge in [-0.05, 0) is 49.6 Å². The molecule has 0 saturated heterocycles. The number of hydrogen-bond acceptors (Lipinski definition) is 5. The van der Waals surface area contributed by atoms with E-state index in [9.17, 15) is 10.1 Å². The number of nitriles is 1. The molecule has 29 heavy (non-hydrogen) atoms. The van der Waals surface area contributed by atoms with Crippen molar-refractivity contribution in [1.29, 1.82) is 5.26 Å². The van der Waals surface area contributed by atoms with E-state index in [1.54, 1.807) is 0 Å². The van der Waals surface area contributed by atoms with Crippen molar-refractivity contribution in [1.82, 2.24) is 0 Å². The maximum Gasteiger partial charge on any atom is 0.161 e. The van der Waals surface area contributed by atoms with Gasteiger partial charge in [0.2, 0.25) is 0 Å². The molecule has 0 fully saturated rings. The molecule has 1 heterocycles. The molecular formula is C24H23N3O2. The van der Waals surface area contributed by atoms with Gasteiger partial charge in [-0.25, -0.2) is 0 Å². The normalized spacial score (nSPS) is 19.1. The Bertz CT molecular complexity index is 1030. The summed E-state index contributed by atoms with van der Waals surface area (Å²) in [7, 11) is 0. The molecule has 2 N–H and O–H groups in total. The number of nitrogens with two attached hydrogens (primary N) is 1. The number of benzene rings is 2. The molecule has 5 heteroatoms. The van der Waals surface area contributed by atoms with Crippen LogP contribution < -0.4 is 15.4 Å². The standard InChI is InChI=1S/C24H23N3O2/c1-2-29-18-13-11-16(12-14-18)22-19(15-25)24(26)27(17-7-4-3-5-8-17)20-9-6-10-21(28)23(20)22/h3-5,7-8,11-14,22H,2,6,9-10,26H2,1H3/t22-/m0/s1. The van der Waals surface area contributed by atoms with E-state index < -0.39 is 5.92 Å². The molecule has 1 aliphatic heterocycles. The van der Waals surface area contributed by atoms with Crippen LogP contribution in [0.3, 0.4) is 0 Å². The van der Waals surface area contributed by atoms with Crippen molar-refractivity contribution in [2.75, 3.05) is 11.5 Å². The van der Waals surface area contributed by atoms with E-state index in [2.05, 4.69) is 6.07 Å². The van der Waals surface area contributed by atoms with Gasteiger partial charge in [-0.3, -0.25) is 9.69 Å². The molecule has 2 aliphatic rings. The number of carbonyl (C=O) groups is 1. The Morgan fingerprint density at radius 1 is 1.14 bits per heavy atom. The Hall–Kier alpha value is -3.52. The van der Waals surface area contributed by atoms with Crippen LogP contribution in [0.1, 0.15) is 37.7 Å². The minimum atomic E-state index is -0.446. The third-order valence-corrected chi connectivity index (χ3v) is 5.45. The van der Waals surface area contributed by atoms with E-state index in [0.717, 1.165) is 35.5 Å². The molecule has 0 amide bonds. The molecule has 2 aromatic rings. The van der Waals surface area contributed by atoms with E-state index in [1.165, 1.54) is 0 Å². The molecule has 0 bridgehead atoms. The molecule has 0 unspecified atom stereocenters. The monoisotopic (exact) mass is 385 g/mol. The first-order valence-corrected chi connectivity index (χ1v) is 9.89. The summed E-state index contributed by atoms with van der Waals surface area (Å²) >= 11 is 0. The van der Waals surface area contributed by atoms with Crippen LogP contribution in [0.4, 0.5) is 5.69 Å². The second-order valence-corrected chi connectivity index (χ2v) is 7.15. The fourth-order valence-corrected chi connectivity index (χ4v) is 4.21. The van der Waals surface area contributed by atoms with E-state index >= 15 is 0 Å². The van der Waals surface area contributed by atoms with Crippen LogP contribution in [0.5, 0.6) is 5.75 Å². The highest BCUT2D eigenvalue weighted by Gasteiger charge is 2.40. The summed E-state index contributed by atoms with van der Waals surface area (Å²) in [6, 6.07) is 19.6. The van der Waals surface area contributed by atoms with Crippen molar-refractivity contribution >= 4 is 11.5 Å². The summed E-state index contributed by atoms with van der Waals surface area (Å²) < 4.78 is 5.54. The third-order valence-electron chi connectivity index (χ3n) is 5.45. The van der Waals surface area contributed by atoms with Crippen molar-refractivity contribution < 1.29 is 9.53 Å². The molecule has 0 spiro atoms. The van der Waals surface area contributed by atoms with Gasteiger partial charge >= 0.3 is 0 Å². The zero-order chi connectivity index (χ0) is 20.4. The van der Waals surface area contributed by atoms with E-state index in [0.29, 0.717) is 30.0 Å². The molecule has 0 saturated carbocycles. The zero-order valence-corrected chi connectivity index (χ0v) is 16.4. The average Bonchev–Trinajstić information content (AvgIpc) is 2.74. The van der Waals surface area contributed by atoms with Gasteiger partial charge < -0.3 is 10.5 Å². The first-order valence-electron chi connectivity index (χ1n) is 9.89. The van der Waals surface area contributed by atoms with Gasteiger partial charge in [0.05, 0.1) is 24.2 Å². The van der Waals surface area contributed by atoms with Crippen LogP contribution in [0, 0.1) is 11.3 Å². The molecule has 1 atom stereocenters. The number of rotatable bonds is 4. The zero-order valence-electron chi connectivity index (χ0n) is 16.4. The van der Waals surface area contributed by atoms with Gasteiger partial charge in [0.25, 0.3) is 0 Å². The van der Waals surface area contributed by atoms with Crippen molar-refractivity contribution in [2.45, 2.75) is 32.1 Å². The largest absolute Gasteiger partial charge is 0.494 e. The predicted octanol–water partition coefficient (Wildman–Crippen LogP) is 4.39. The Morgan fingerprint density at radius 2 is 1.86 bits per heavy atom. The lowest BCUT2D eigenvalue weighted by atomic mass is 9.75. The second kappa shape index (κ2) is 7.84. The minimum absolute atomic E-state index is 0.0892. The van der Waals surface area contributed by atoms with Crippen LogP contribution in [0.25, 0.3) is 0 Å². The molecular weight excluding hydrogens is 362 g/mol. The number of ketones is 1. The summed E-state index contributed by atoms with van der Waals surface area (Å²) in [6.45, 7) is 2.51. The molecule has 0 aromatic heterocycles. The Balaban J connectivity index is 1.89. The minimum Gasteiger partial charge on any atom is -0.494 e. The highest BCUT2D eigenvalue weighted by atomic mass is 16.5. The number of anilines is 1. The van der Waals surface area contributed by atoms with Gasteiger partial charge in [-0.15, -0.1) is 0 Å². The SMILES string of the molecule is CCOc1ccc([C@H]2C(C#N)=C(N)N(c3ccccc3)C3=C2C(=O)CCC3)cc1.